The van der Waals surface area contributed by atoms with Gasteiger partial charge in [0.15, 0.2) is 6.10 Å². The van der Waals surface area contributed by atoms with Gasteiger partial charge in [-0.1, -0.05) is 12.1 Å². The molecule has 29 heavy (non-hydrogen) atoms. The van der Waals surface area contributed by atoms with Crippen LogP contribution in [0.5, 0.6) is 5.75 Å². The van der Waals surface area contributed by atoms with E-state index in [0.29, 0.717) is 44.2 Å². The molecule has 156 valence electrons. The molecule has 5 nitrogen and oxygen atoms in total. The second kappa shape index (κ2) is 8.71. The minimum Gasteiger partial charge on any atom is -0.481 e. The van der Waals surface area contributed by atoms with Gasteiger partial charge in [0.25, 0.3) is 5.91 Å². The first-order valence-electron chi connectivity index (χ1n) is 9.54. The number of nitrogens with zero attached hydrogens (tertiary/aromatic N) is 3. The maximum absolute atomic E-state index is 12.8. The summed E-state index contributed by atoms with van der Waals surface area (Å²) in [5, 5.41) is 0. The molecule has 3 rings (SSSR count). The van der Waals surface area contributed by atoms with E-state index >= 15 is 0 Å². The van der Waals surface area contributed by atoms with Crippen molar-refractivity contribution in [1.29, 1.82) is 0 Å². The van der Waals surface area contributed by atoms with Crippen LogP contribution in [0.15, 0.2) is 42.6 Å². The number of hydrogen-bond acceptors (Lipinski definition) is 4. The monoisotopic (exact) mass is 407 g/mol. The van der Waals surface area contributed by atoms with E-state index in [-0.39, 0.29) is 5.91 Å². The van der Waals surface area contributed by atoms with Crippen LogP contribution >= 0.6 is 0 Å². The van der Waals surface area contributed by atoms with Crippen LogP contribution in [0.4, 0.5) is 19.0 Å². The highest BCUT2D eigenvalue weighted by Gasteiger charge is 2.31. The van der Waals surface area contributed by atoms with Gasteiger partial charge < -0.3 is 14.5 Å². The lowest BCUT2D eigenvalue weighted by molar-refractivity contribution is -0.138. The largest absolute Gasteiger partial charge is 0.481 e. The van der Waals surface area contributed by atoms with Crippen molar-refractivity contribution in [2.45, 2.75) is 32.5 Å². The molecular weight excluding hydrogens is 383 g/mol. The second-order valence-electron chi connectivity index (χ2n) is 7.15. The third-order valence-electron chi connectivity index (χ3n) is 4.86. The minimum absolute atomic E-state index is 0.103. The summed E-state index contributed by atoms with van der Waals surface area (Å²) < 4.78 is 43.9. The zero-order valence-electron chi connectivity index (χ0n) is 16.4. The van der Waals surface area contributed by atoms with Crippen LogP contribution in [-0.4, -0.2) is 48.1 Å². The summed E-state index contributed by atoms with van der Waals surface area (Å²) in [5.74, 6) is 1.03. The Morgan fingerprint density at radius 1 is 1.14 bits per heavy atom. The fraction of sp³-hybridized carbons (Fsp3) is 0.429. The Bertz CT molecular complexity index is 840. The van der Waals surface area contributed by atoms with Crippen LogP contribution in [0.2, 0.25) is 0 Å². The van der Waals surface area contributed by atoms with Gasteiger partial charge in [0, 0.05) is 32.4 Å². The van der Waals surface area contributed by atoms with Gasteiger partial charge >= 0.3 is 6.18 Å². The predicted molar refractivity (Wildman–Crippen MR) is 104 cm³/mol. The van der Waals surface area contributed by atoms with Crippen molar-refractivity contribution < 1.29 is 22.7 Å². The molecule has 0 bridgehead atoms. The smallest absolute Gasteiger partial charge is 0.417 e. The van der Waals surface area contributed by atoms with Gasteiger partial charge in [0.05, 0.1) is 5.56 Å². The number of ether oxygens (including phenoxy) is 1. The molecule has 8 heteroatoms. The molecule has 0 saturated carbocycles. The third-order valence-corrected chi connectivity index (χ3v) is 4.86. The summed E-state index contributed by atoms with van der Waals surface area (Å²) in [6.45, 7) is 5.83. The molecule has 1 amide bonds. The first-order valence-corrected chi connectivity index (χ1v) is 9.54. The Morgan fingerprint density at radius 3 is 2.59 bits per heavy atom. The number of anilines is 1. The van der Waals surface area contributed by atoms with E-state index in [1.54, 1.807) is 11.8 Å². The summed E-state index contributed by atoms with van der Waals surface area (Å²) >= 11 is 0. The Balaban J connectivity index is 1.59. The fourth-order valence-electron chi connectivity index (χ4n) is 3.31. The summed E-state index contributed by atoms with van der Waals surface area (Å²) in [6.07, 6.45) is -3.47. The highest BCUT2D eigenvalue weighted by atomic mass is 19.4. The van der Waals surface area contributed by atoms with Crippen molar-refractivity contribution in [2.24, 2.45) is 0 Å². The lowest BCUT2D eigenvalue weighted by atomic mass is 10.2. The molecule has 2 aromatic rings. The molecule has 0 aliphatic carbocycles. The SMILES string of the molecule is Cc1cccc(OC(C)C(=O)N2CCCN(c3ccc(C(F)(F)F)cn3)CC2)c1. The van der Waals surface area contributed by atoms with Crippen molar-refractivity contribution >= 4 is 11.7 Å². The first-order chi connectivity index (χ1) is 13.7. The zero-order chi connectivity index (χ0) is 21.0. The van der Waals surface area contributed by atoms with Crippen LogP contribution < -0.4 is 9.64 Å². The highest BCUT2D eigenvalue weighted by Crippen LogP contribution is 2.29. The molecule has 0 spiro atoms. The first kappa shape index (κ1) is 21.0. The van der Waals surface area contributed by atoms with Crippen molar-refractivity contribution in [3.8, 4) is 5.75 Å². The van der Waals surface area contributed by atoms with Gasteiger partial charge in [-0.2, -0.15) is 13.2 Å². The van der Waals surface area contributed by atoms with Crippen LogP contribution in [0, 0.1) is 6.92 Å². The molecule has 1 unspecified atom stereocenters. The average molecular weight is 407 g/mol. The molecule has 1 aromatic carbocycles. The van der Waals surface area contributed by atoms with Crippen LogP contribution in [0.1, 0.15) is 24.5 Å². The van der Waals surface area contributed by atoms with Gasteiger partial charge in [-0.15, -0.1) is 0 Å². The summed E-state index contributed by atoms with van der Waals surface area (Å²) in [5.41, 5.74) is 0.284. The predicted octanol–water partition coefficient (Wildman–Crippen LogP) is 3.92. The van der Waals surface area contributed by atoms with Crippen molar-refractivity contribution in [1.82, 2.24) is 9.88 Å². The average Bonchev–Trinajstić information content (AvgIpc) is 2.93. The van der Waals surface area contributed by atoms with E-state index in [9.17, 15) is 18.0 Å². The summed E-state index contributed by atoms with van der Waals surface area (Å²) in [7, 11) is 0. The van der Waals surface area contributed by atoms with E-state index in [0.717, 1.165) is 17.8 Å². The molecule has 0 radical (unpaired) electrons. The number of amides is 1. The molecule has 1 saturated heterocycles. The number of benzene rings is 1. The van der Waals surface area contributed by atoms with Crippen molar-refractivity contribution in [3.05, 3.63) is 53.7 Å². The molecular formula is C21H24F3N3O2. The van der Waals surface area contributed by atoms with Crippen molar-refractivity contribution in [2.75, 3.05) is 31.1 Å². The topological polar surface area (TPSA) is 45.7 Å². The van der Waals surface area contributed by atoms with E-state index in [4.69, 9.17) is 4.74 Å². The fourth-order valence-corrected chi connectivity index (χ4v) is 3.31. The molecule has 2 heterocycles. The third kappa shape index (κ3) is 5.40. The summed E-state index contributed by atoms with van der Waals surface area (Å²) in [4.78, 5) is 20.4. The maximum Gasteiger partial charge on any atom is 0.417 e. The van der Waals surface area contributed by atoms with Crippen molar-refractivity contribution in [3.63, 3.8) is 0 Å². The van der Waals surface area contributed by atoms with Gasteiger partial charge in [-0.3, -0.25) is 4.79 Å². The number of hydrogen-bond donors (Lipinski definition) is 0. The highest BCUT2D eigenvalue weighted by molar-refractivity contribution is 5.81. The number of rotatable bonds is 4. The Kier molecular flexibility index (Phi) is 6.30. The number of aromatic nitrogens is 1. The molecule has 1 aromatic heterocycles. The van der Waals surface area contributed by atoms with Gasteiger partial charge in [0.2, 0.25) is 0 Å². The Morgan fingerprint density at radius 2 is 1.93 bits per heavy atom. The molecule has 0 N–H and O–H groups in total. The molecule has 1 aliphatic rings. The van der Waals surface area contributed by atoms with Gasteiger partial charge in [-0.25, -0.2) is 4.98 Å². The normalized spacial score (nSPS) is 16.3. The zero-order valence-corrected chi connectivity index (χ0v) is 16.4. The van der Waals surface area contributed by atoms with E-state index in [1.807, 2.05) is 36.1 Å². The Hall–Kier alpha value is -2.77. The Labute approximate surface area is 168 Å². The number of carbonyl (C=O) groups is 1. The lowest BCUT2D eigenvalue weighted by Crippen LogP contribution is -2.42. The number of aryl methyl sites for hydroxylation is 1. The number of halogens is 3. The number of pyridine rings is 1. The van der Waals surface area contributed by atoms with Crippen LogP contribution in [-0.2, 0) is 11.0 Å². The lowest BCUT2D eigenvalue weighted by Gasteiger charge is -2.25. The molecule has 1 aliphatic heterocycles. The van der Waals surface area contributed by atoms with E-state index in [1.165, 1.54) is 6.07 Å². The summed E-state index contributed by atoms with van der Waals surface area (Å²) in [6, 6.07) is 9.94. The number of alkyl halides is 3. The second-order valence-corrected chi connectivity index (χ2v) is 7.15. The standard InChI is InChI=1S/C21H24F3N3O2/c1-15-5-3-6-18(13-15)29-16(2)20(28)27-10-4-9-26(11-12-27)19-8-7-17(14-25-19)21(22,23)24/h3,5-8,13-14,16H,4,9-12H2,1-2H3. The molecule has 1 atom stereocenters. The van der Waals surface area contributed by atoms with E-state index < -0.39 is 17.8 Å². The van der Waals surface area contributed by atoms with Gasteiger partial charge in [-0.05, 0) is 50.1 Å². The van der Waals surface area contributed by atoms with Gasteiger partial charge in [0.1, 0.15) is 11.6 Å². The van der Waals surface area contributed by atoms with Crippen LogP contribution in [0.25, 0.3) is 0 Å². The quantitative estimate of drug-likeness (QED) is 0.771. The number of carbonyl (C=O) groups excluding carboxylic acids is 1. The molecule has 1 fully saturated rings. The van der Waals surface area contributed by atoms with Crippen LogP contribution in [0.3, 0.4) is 0 Å². The van der Waals surface area contributed by atoms with E-state index in [2.05, 4.69) is 4.98 Å². The minimum atomic E-state index is -4.40. The maximum atomic E-state index is 12.8.